The average molecular weight is 536 g/mol. The minimum Gasteiger partial charge on any atom is -0.364 e. The highest BCUT2D eigenvalue weighted by Crippen LogP contribution is 2.32. The maximum absolute atomic E-state index is 13.2. The van der Waals surface area contributed by atoms with Crippen molar-refractivity contribution in [2.45, 2.75) is 37.4 Å². The third-order valence-corrected chi connectivity index (χ3v) is 8.57. The molecule has 0 aliphatic carbocycles. The van der Waals surface area contributed by atoms with Crippen LogP contribution in [-0.4, -0.2) is 57.5 Å². The van der Waals surface area contributed by atoms with Crippen molar-refractivity contribution in [2.24, 2.45) is 7.05 Å². The average Bonchev–Trinajstić information content (AvgIpc) is 3.38. The third-order valence-electron chi connectivity index (χ3n) is 7.03. The lowest BCUT2D eigenvalue weighted by molar-refractivity contribution is 0.156. The molecule has 4 aromatic rings. The molecular formula is C26H26FN7O3S. The molecule has 196 valence electrons. The number of aromatic nitrogens is 4. The first-order valence-electron chi connectivity index (χ1n) is 12.1. The number of para-hydroxylation sites is 1. The smallest absolute Gasteiger partial charge is 0.284 e. The summed E-state index contributed by atoms with van der Waals surface area (Å²) in [6.07, 6.45) is 1.37. The normalized spacial score (nSPS) is 18.6. The molecule has 1 aliphatic heterocycles. The van der Waals surface area contributed by atoms with Crippen molar-refractivity contribution in [2.75, 3.05) is 18.0 Å². The van der Waals surface area contributed by atoms with E-state index in [1.807, 2.05) is 38.1 Å². The maximum Gasteiger partial charge on any atom is 0.284 e. The molecule has 12 heteroatoms. The van der Waals surface area contributed by atoms with Crippen LogP contribution in [0.5, 0.6) is 0 Å². The number of hydrogen-bond donors (Lipinski definition) is 0. The van der Waals surface area contributed by atoms with E-state index in [-0.39, 0.29) is 28.1 Å². The highest BCUT2D eigenvalue weighted by molar-refractivity contribution is 7.89. The molecule has 2 atom stereocenters. The Labute approximate surface area is 219 Å². The summed E-state index contributed by atoms with van der Waals surface area (Å²) in [5, 5.41) is 18.6. The van der Waals surface area contributed by atoms with Gasteiger partial charge >= 0.3 is 0 Å². The molecule has 0 amide bonds. The minimum absolute atomic E-state index is 0.000538. The predicted octanol–water partition coefficient (Wildman–Crippen LogP) is 2.48. The maximum atomic E-state index is 13.2. The van der Waals surface area contributed by atoms with Crippen molar-refractivity contribution in [3.8, 4) is 6.07 Å². The van der Waals surface area contributed by atoms with E-state index in [2.05, 4.69) is 26.2 Å². The van der Waals surface area contributed by atoms with Gasteiger partial charge in [0.1, 0.15) is 17.4 Å². The van der Waals surface area contributed by atoms with Crippen molar-refractivity contribution in [1.29, 1.82) is 5.26 Å². The Morgan fingerprint density at radius 1 is 1.08 bits per heavy atom. The molecule has 0 spiro atoms. The molecular weight excluding hydrogens is 509 g/mol. The van der Waals surface area contributed by atoms with Gasteiger partial charge in [-0.1, -0.05) is 23.4 Å². The van der Waals surface area contributed by atoms with Crippen LogP contribution in [0.15, 0.2) is 64.4 Å². The Kier molecular flexibility index (Phi) is 6.50. The number of halogens is 1. The number of benzene rings is 2. The Hall–Kier alpha value is -4.08. The molecule has 2 aromatic heterocycles. The van der Waals surface area contributed by atoms with E-state index in [1.165, 1.54) is 22.9 Å². The number of pyridine rings is 1. The predicted molar refractivity (Wildman–Crippen MR) is 140 cm³/mol. The number of rotatable bonds is 5. The van der Waals surface area contributed by atoms with Gasteiger partial charge in [0.05, 0.1) is 28.0 Å². The SMILES string of the molecule is C[C@H]1CN(c2c(C#N)c(=O)n(C)c3ccccc23)[C@@H](C)CN1Cc1cn(S(=O)(=O)c2ccc(F)cc2)nn1. The number of fused-ring (bicyclic) bond motifs is 1. The van der Waals surface area contributed by atoms with Crippen LogP contribution in [0.3, 0.4) is 0 Å². The number of piperazine rings is 1. The first-order chi connectivity index (χ1) is 18.1. The quantitative estimate of drug-likeness (QED) is 0.383. The van der Waals surface area contributed by atoms with Crippen molar-refractivity contribution >= 4 is 26.6 Å². The van der Waals surface area contributed by atoms with Gasteiger partial charge in [0.15, 0.2) is 0 Å². The van der Waals surface area contributed by atoms with E-state index < -0.39 is 15.8 Å². The fourth-order valence-corrected chi connectivity index (χ4v) is 6.09. The van der Waals surface area contributed by atoms with Crippen LogP contribution >= 0.6 is 0 Å². The molecule has 3 heterocycles. The summed E-state index contributed by atoms with van der Waals surface area (Å²) in [6.45, 7) is 5.57. The molecule has 1 saturated heterocycles. The zero-order valence-electron chi connectivity index (χ0n) is 21.1. The molecule has 1 fully saturated rings. The monoisotopic (exact) mass is 535 g/mol. The number of nitriles is 1. The van der Waals surface area contributed by atoms with Crippen molar-refractivity contribution in [1.82, 2.24) is 23.9 Å². The second-order valence-corrected chi connectivity index (χ2v) is 11.3. The van der Waals surface area contributed by atoms with Crippen molar-refractivity contribution in [3.05, 3.63) is 82.2 Å². The van der Waals surface area contributed by atoms with E-state index in [1.54, 1.807) is 7.05 Å². The van der Waals surface area contributed by atoms with Crippen LogP contribution in [0.4, 0.5) is 10.1 Å². The van der Waals surface area contributed by atoms with Gasteiger partial charge in [-0.15, -0.1) is 9.19 Å². The molecule has 0 radical (unpaired) electrons. The summed E-state index contributed by atoms with van der Waals surface area (Å²) in [5.74, 6) is -0.531. The Balaban J connectivity index is 1.40. The van der Waals surface area contributed by atoms with Crippen molar-refractivity contribution in [3.63, 3.8) is 0 Å². The highest BCUT2D eigenvalue weighted by atomic mass is 32.2. The molecule has 2 aromatic carbocycles. The largest absolute Gasteiger partial charge is 0.364 e. The Morgan fingerprint density at radius 3 is 2.50 bits per heavy atom. The topological polar surface area (TPSA) is 117 Å². The molecule has 0 unspecified atom stereocenters. The van der Waals surface area contributed by atoms with Crippen LogP contribution in [0.2, 0.25) is 0 Å². The van der Waals surface area contributed by atoms with E-state index in [0.717, 1.165) is 27.1 Å². The molecule has 10 nitrogen and oxygen atoms in total. The Bertz CT molecular complexity index is 1720. The van der Waals surface area contributed by atoms with Crippen LogP contribution in [0.1, 0.15) is 25.1 Å². The summed E-state index contributed by atoms with van der Waals surface area (Å²) in [6, 6.07) is 14.2. The van der Waals surface area contributed by atoms with E-state index >= 15 is 0 Å². The summed E-state index contributed by atoms with van der Waals surface area (Å²) in [7, 11) is -2.32. The lowest BCUT2D eigenvalue weighted by Crippen LogP contribution is -2.56. The van der Waals surface area contributed by atoms with Gasteiger partial charge in [-0.05, 0) is 44.2 Å². The highest BCUT2D eigenvalue weighted by Gasteiger charge is 2.33. The first kappa shape index (κ1) is 25.6. The standard InChI is InChI=1S/C26H26FN7O3S/c1-17-14-33(25-22-6-4-5-7-24(22)31(3)26(35)23(25)12-28)18(2)13-32(17)15-20-16-34(30-29-20)38(36,37)21-10-8-19(27)9-11-21/h4-11,16-18H,13-15H2,1-3H3/t17-,18-/m0/s1. The first-order valence-corrected chi connectivity index (χ1v) is 13.5. The molecule has 0 bridgehead atoms. The number of anilines is 1. The second kappa shape index (κ2) is 9.66. The molecule has 0 N–H and O–H groups in total. The minimum atomic E-state index is -3.99. The lowest BCUT2D eigenvalue weighted by atomic mass is 10.0. The van der Waals surface area contributed by atoms with E-state index in [9.17, 15) is 22.9 Å². The van der Waals surface area contributed by atoms with Crippen LogP contribution in [-0.2, 0) is 23.6 Å². The summed E-state index contributed by atoms with van der Waals surface area (Å²) in [4.78, 5) is 17.2. The van der Waals surface area contributed by atoms with Gasteiger partial charge in [-0.25, -0.2) is 4.39 Å². The van der Waals surface area contributed by atoms with Gasteiger partial charge in [-0.2, -0.15) is 13.7 Å². The fraction of sp³-hybridized carbons (Fsp3) is 0.308. The zero-order chi connectivity index (χ0) is 27.2. The summed E-state index contributed by atoms with van der Waals surface area (Å²) < 4.78 is 41.2. The van der Waals surface area contributed by atoms with E-state index in [4.69, 9.17) is 0 Å². The van der Waals surface area contributed by atoms with Crippen LogP contribution in [0.25, 0.3) is 10.9 Å². The van der Waals surface area contributed by atoms with Gasteiger partial charge in [0.25, 0.3) is 15.6 Å². The third kappa shape index (κ3) is 4.33. The van der Waals surface area contributed by atoms with Gasteiger partial charge in [-0.3, -0.25) is 9.69 Å². The number of hydrogen-bond acceptors (Lipinski definition) is 8. The second-order valence-electron chi connectivity index (χ2n) is 9.54. The fourth-order valence-electron chi connectivity index (χ4n) is 5.00. The number of aryl methyl sites for hydroxylation is 1. The molecule has 0 saturated carbocycles. The zero-order valence-corrected chi connectivity index (χ0v) is 21.9. The van der Waals surface area contributed by atoms with E-state index in [0.29, 0.717) is 31.0 Å². The summed E-state index contributed by atoms with van der Waals surface area (Å²) >= 11 is 0. The summed E-state index contributed by atoms with van der Waals surface area (Å²) in [5.41, 5.74) is 1.66. The number of nitrogens with zero attached hydrogens (tertiary/aromatic N) is 7. The van der Waals surface area contributed by atoms with Gasteiger partial charge in [0, 0.05) is 44.2 Å². The van der Waals surface area contributed by atoms with Gasteiger partial charge in [0.2, 0.25) is 0 Å². The van der Waals surface area contributed by atoms with Crippen LogP contribution in [0, 0.1) is 17.1 Å². The lowest BCUT2D eigenvalue weighted by Gasteiger charge is -2.45. The van der Waals surface area contributed by atoms with Crippen LogP contribution < -0.4 is 10.5 Å². The molecule has 38 heavy (non-hydrogen) atoms. The van der Waals surface area contributed by atoms with Gasteiger partial charge < -0.3 is 9.47 Å². The Morgan fingerprint density at radius 2 is 1.79 bits per heavy atom. The van der Waals surface area contributed by atoms with Crippen molar-refractivity contribution < 1.29 is 12.8 Å². The molecule has 5 rings (SSSR count). The molecule has 1 aliphatic rings.